The third-order valence-electron chi connectivity index (χ3n) is 4.34. The van der Waals surface area contributed by atoms with Gasteiger partial charge in [0.2, 0.25) is 0 Å². The quantitative estimate of drug-likeness (QED) is 0.892. The molecule has 0 bridgehead atoms. The van der Waals surface area contributed by atoms with Crippen LogP contribution >= 0.6 is 0 Å². The van der Waals surface area contributed by atoms with Crippen LogP contribution in [0.25, 0.3) is 0 Å². The zero-order valence-electron chi connectivity index (χ0n) is 12.3. The van der Waals surface area contributed by atoms with E-state index in [1.165, 1.54) is 5.56 Å². The molecule has 1 aromatic carbocycles. The van der Waals surface area contributed by atoms with Gasteiger partial charge in [0.1, 0.15) is 0 Å². The van der Waals surface area contributed by atoms with Gasteiger partial charge in [0.15, 0.2) is 0 Å². The number of nitrogens with zero attached hydrogens (tertiary/aromatic N) is 2. The highest BCUT2D eigenvalue weighted by Gasteiger charge is 2.27. The standard InChI is InChI=1S/C16H24N2O2/c1-13(16(19)20)14(2)18-10-8-17(9-11-18)12-15-6-4-3-5-7-15/h3-7,13-14H,8-12H2,1-2H3,(H,19,20). The topological polar surface area (TPSA) is 43.8 Å². The first-order valence-corrected chi connectivity index (χ1v) is 7.31. The lowest BCUT2D eigenvalue weighted by Gasteiger charge is -2.39. The number of benzene rings is 1. The first-order valence-electron chi connectivity index (χ1n) is 7.31. The summed E-state index contributed by atoms with van der Waals surface area (Å²) in [4.78, 5) is 15.8. The van der Waals surface area contributed by atoms with E-state index in [2.05, 4.69) is 34.1 Å². The Balaban J connectivity index is 1.82. The highest BCUT2D eigenvalue weighted by Crippen LogP contribution is 2.15. The first kappa shape index (κ1) is 15.0. The molecule has 0 amide bonds. The largest absolute Gasteiger partial charge is 0.481 e. The molecule has 2 unspecified atom stereocenters. The lowest BCUT2D eigenvalue weighted by atomic mass is 10.0. The summed E-state index contributed by atoms with van der Waals surface area (Å²) in [7, 11) is 0. The van der Waals surface area contributed by atoms with Crippen LogP contribution in [0.5, 0.6) is 0 Å². The van der Waals surface area contributed by atoms with E-state index in [0.29, 0.717) is 0 Å². The third-order valence-corrected chi connectivity index (χ3v) is 4.34. The summed E-state index contributed by atoms with van der Waals surface area (Å²) in [6.07, 6.45) is 0. The van der Waals surface area contributed by atoms with Crippen LogP contribution in [0.15, 0.2) is 30.3 Å². The second-order valence-electron chi connectivity index (χ2n) is 5.67. The summed E-state index contributed by atoms with van der Waals surface area (Å²) in [5.41, 5.74) is 1.34. The summed E-state index contributed by atoms with van der Waals surface area (Å²) >= 11 is 0. The van der Waals surface area contributed by atoms with Crippen molar-refractivity contribution >= 4 is 5.97 Å². The molecule has 1 N–H and O–H groups in total. The molecule has 20 heavy (non-hydrogen) atoms. The van der Waals surface area contributed by atoms with Gasteiger partial charge < -0.3 is 5.11 Å². The van der Waals surface area contributed by atoms with Crippen LogP contribution in [0.4, 0.5) is 0 Å². The Kier molecular flexibility index (Phi) is 5.15. The minimum absolute atomic E-state index is 0.103. The van der Waals surface area contributed by atoms with Gasteiger partial charge in [0, 0.05) is 38.8 Å². The number of piperazine rings is 1. The smallest absolute Gasteiger partial charge is 0.307 e. The van der Waals surface area contributed by atoms with Crippen molar-refractivity contribution in [2.24, 2.45) is 5.92 Å². The number of carboxylic acid groups (broad SMARTS) is 1. The molecule has 4 nitrogen and oxygen atoms in total. The zero-order chi connectivity index (χ0) is 14.5. The van der Waals surface area contributed by atoms with Crippen LogP contribution in [0, 0.1) is 5.92 Å². The molecule has 1 aromatic rings. The average Bonchev–Trinajstić information content (AvgIpc) is 2.47. The minimum Gasteiger partial charge on any atom is -0.481 e. The van der Waals surface area contributed by atoms with E-state index in [-0.39, 0.29) is 12.0 Å². The zero-order valence-corrected chi connectivity index (χ0v) is 12.3. The molecule has 1 saturated heterocycles. The fourth-order valence-electron chi connectivity index (χ4n) is 2.69. The van der Waals surface area contributed by atoms with Gasteiger partial charge in [-0.15, -0.1) is 0 Å². The van der Waals surface area contributed by atoms with Gasteiger partial charge in [0.05, 0.1) is 5.92 Å². The lowest BCUT2D eigenvalue weighted by molar-refractivity contribution is -0.143. The van der Waals surface area contributed by atoms with Crippen molar-refractivity contribution in [2.45, 2.75) is 26.4 Å². The number of hydrogen-bond donors (Lipinski definition) is 1. The number of hydrogen-bond acceptors (Lipinski definition) is 3. The van der Waals surface area contributed by atoms with Crippen molar-refractivity contribution in [1.82, 2.24) is 9.80 Å². The van der Waals surface area contributed by atoms with Crippen molar-refractivity contribution < 1.29 is 9.90 Å². The summed E-state index contributed by atoms with van der Waals surface area (Å²) < 4.78 is 0. The van der Waals surface area contributed by atoms with E-state index in [1.54, 1.807) is 6.92 Å². The maximum atomic E-state index is 11.1. The van der Waals surface area contributed by atoms with E-state index >= 15 is 0 Å². The van der Waals surface area contributed by atoms with Crippen molar-refractivity contribution in [1.29, 1.82) is 0 Å². The fourth-order valence-corrected chi connectivity index (χ4v) is 2.69. The molecule has 2 rings (SSSR count). The van der Waals surface area contributed by atoms with Crippen LogP contribution in [0.2, 0.25) is 0 Å². The van der Waals surface area contributed by atoms with E-state index in [0.717, 1.165) is 32.7 Å². The van der Waals surface area contributed by atoms with Gasteiger partial charge in [-0.2, -0.15) is 0 Å². The van der Waals surface area contributed by atoms with Crippen molar-refractivity contribution in [3.63, 3.8) is 0 Å². The van der Waals surface area contributed by atoms with Gasteiger partial charge in [-0.25, -0.2) is 0 Å². The number of carbonyl (C=O) groups is 1. The SMILES string of the molecule is CC(C(=O)O)C(C)N1CCN(Cc2ccccc2)CC1. The molecule has 0 radical (unpaired) electrons. The van der Waals surface area contributed by atoms with Crippen molar-refractivity contribution in [3.8, 4) is 0 Å². The van der Waals surface area contributed by atoms with Gasteiger partial charge in [0.25, 0.3) is 0 Å². The molecule has 0 aromatic heterocycles. The monoisotopic (exact) mass is 276 g/mol. The predicted molar refractivity (Wildman–Crippen MR) is 79.6 cm³/mol. The second-order valence-corrected chi connectivity index (χ2v) is 5.67. The number of carboxylic acids is 1. The Morgan fingerprint density at radius 1 is 1.15 bits per heavy atom. The molecule has 1 heterocycles. The van der Waals surface area contributed by atoms with Crippen molar-refractivity contribution in [2.75, 3.05) is 26.2 Å². The molecule has 0 aliphatic carbocycles. The average molecular weight is 276 g/mol. The summed E-state index contributed by atoms with van der Waals surface area (Å²) in [6.45, 7) is 8.71. The van der Waals surface area contributed by atoms with Gasteiger partial charge in [-0.3, -0.25) is 14.6 Å². The molecule has 110 valence electrons. The van der Waals surface area contributed by atoms with Crippen LogP contribution in [0.3, 0.4) is 0 Å². The van der Waals surface area contributed by atoms with Crippen LogP contribution in [0.1, 0.15) is 19.4 Å². The van der Waals surface area contributed by atoms with Gasteiger partial charge in [-0.1, -0.05) is 37.3 Å². The molecule has 0 saturated carbocycles. The van der Waals surface area contributed by atoms with Crippen LogP contribution in [-0.4, -0.2) is 53.1 Å². The number of aliphatic carboxylic acids is 1. The van der Waals surface area contributed by atoms with E-state index < -0.39 is 5.97 Å². The summed E-state index contributed by atoms with van der Waals surface area (Å²) in [5.74, 6) is -1.01. The van der Waals surface area contributed by atoms with E-state index in [9.17, 15) is 4.79 Å². The summed E-state index contributed by atoms with van der Waals surface area (Å²) in [6, 6.07) is 10.6. The molecule has 1 aliphatic rings. The Labute approximate surface area is 121 Å². The Bertz CT molecular complexity index is 427. The van der Waals surface area contributed by atoms with Crippen LogP contribution < -0.4 is 0 Å². The van der Waals surface area contributed by atoms with Crippen molar-refractivity contribution in [3.05, 3.63) is 35.9 Å². The first-order chi connectivity index (χ1) is 9.58. The van der Waals surface area contributed by atoms with E-state index in [1.807, 2.05) is 13.0 Å². The van der Waals surface area contributed by atoms with Crippen LogP contribution in [-0.2, 0) is 11.3 Å². The maximum absolute atomic E-state index is 11.1. The van der Waals surface area contributed by atoms with Gasteiger partial charge >= 0.3 is 5.97 Å². The number of rotatable bonds is 5. The maximum Gasteiger partial charge on any atom is 0.307 e. The normalized spacial score (nSPS) is 20.5. The molecule has 0 spiro atoms. The summed E-state index contributed by atoms with van der Waals surface area (Å²) in [5, 5.41) is 9.09. The molecular formula is C16H24N2O2. The molecular weight excluding hydrogens is 252 g/mol. The van der Waals surface area contributed by atoms with Gasteiger partial charge in [-0.05, 0) is 12.5 Å². The fraction of sp³-hybridized carbons (Fsp3) is 0.562. The Hall–Kier alpha value is -1.39. The third kappa shape index (κ3) is 3.81. The molecule has 1 aliphatic heterocycles. The molecule has 1 fully saturated rings. The highest BCUT2D eigenvalue weighted by atomic mass is 16.4. The molecule has 2 atom stereocenters. The second kappa shape index (κ2) is 6.86. The Morgan fingerprint density at radius 3 is 2.30 bits per heavy atom. The minimum atomic E-state index is -0.704. The lowest BCUT2D eigenvalue weighted by Crippen LogP contribution is -2.51. The van der Waals surface area contributed by atoms with E-state index in [4.69, 9.17) is 5.11 Å². The highest BCUT2D eigenvalue weighted by molar-refractivity contribution is 5.70. The predicted octanol–water partition coefficient (Wildman–Crippen LogP) is 1.91. The molecule has 4 heteroatoms. The Morgan fingerprint density at radius 2 is 1.75 bits per heavy atom.